The Morgan fingerprint density at radius 1 is 1.15 bits per heavy atom. The molecular weight excluding hydrogens is 334 g/mol. The molecule has 0 aromatic heterocycles. The molecule has 0 saturated heterocycles. The second-order valence-corrected chi connectivity index (χ2v) is 10.3. The molecular formula is C24H29NO2. The second-order valence-electron chi connectivity index (χ2n) is 10.3. The molecule has 3 nitrogen and oxygen atoms in total. The summed E-state index contributed by atoms with van der Waals surface area (Å²) in [6.45, 7) is 6.35. The number of hydrogen-bond donors (Lipinski definition) is 1. The summed E-state index contributed by atoms with van der Waals surface area (Å²) < 4.78 is 0. The first-order valence-electron chi connectivity index (χ1n) is 10.4. The van der Waals surface area contributed by atoms with Gasteiger partial charge in [0.1, 0.15) is 6.29 Å². The van der Waals surface area contributed by atoms with E-state index >= 15 is 0 Å². The predicted octanol–water partition coefficient (Wildman–Crippen LogP) is 4.47. The van der Waals surface area contributed by atoms with Crippen LogP contribution in [-0.2, 0) is 11.2 Å². The molecule has 6 rings (SSSR count). The highest BCUT2D eigenvalue weighted by Gasteiger charge is 2.60. The van der Waals surface area contributed by atoms with E-state index in [1.54, 1.807) is 0 Å². The standard InChI is InChI=1S/C24H29NO2/c1-14-4-17-12-23(2,3)25-21(20(17)8-18(14)13-26)9-22(27)24-10-15-5-16(11-24)7-19(24)6-15/h4,8-9,13,15-16,19,25H,5-7,10-12H2,1-3H3/b21-9-. The first kappa shape index (κ1) is 17.2. The van der Waals surface area contributed by atoms with Gasteiger partial charge in [0.15, 0.2) is 5.78 Å². The zero-order valence-electron chi connectivity index (χ0n) is 16.6. The third-order valence-corrected chi connectivity index (χ3v) is 7.77. The Morgan fingerprint density at radius 2 is 1.85 bits per heavy atom. The van der Waals surface area contributed by atoms with Gasteiger partial charge in [-0.25, -0.2) is 0 Å². The first-order valence-corrected chi connectivity index (χ1v) is 10.4. The van der Waals surface area contributed by atoms with Crippen molar-refractivity contribution in [2.75, 3.05) is 0 Å². The number of nitrogens with one attached hydrogen (secondary N) is 1. The molecule has 0 radical (unpaired) electrons. The fourth-order valence-corrected chi connectivity index (χ4v) is 6.85. The Morgan fingerprint density at radius 3 is 2.52 bits per heavy atom. The molecule has 2 atom stereocenters. The van der Waals surface area contributed by atoms with E-state index in [0.717, 1.165) is 54.2 Å². The summed E-state index contributed by atoms with van der Waals surface area (Å²) in [5, 5.41) is 3.60. The van der Waals surface area contributed by atoms with E-state index < -0.39 is 0 Å². The quantitative estimate of drug-likeness (QED) is 0.637. The van der Waals surface area contributed by atoms with Gasteiger partial charge in [0, 0.05) is 33.9 Å². The Hall–Kier alpha value is -1.90. The SMILES string of the molecule is Cc1cc2c(cc1C=O)/C(=C/C(=O)C13CC4CC(CC1C4)C3)NC(C)(C)C2. The molecule has 1 heterocycles. The summed E-state index contributed by atoms with van der Waals surface area (Å²) in [6.07, 6.45) is 9.77. The number of fused-ring (bicyclic) bond motifs is 1. The number of hydrogen-bond acceptors (Lipinski definition) is 3. The predicted molar refractivity (Wildman–Crippen MR) is 106 cm³/mol. The smallest absolute Gasteiger partial charge is 0.164 e. The fraction of sp³-hybridized carbons (Fsp3) is 0.583. The van der Waals surface area contributed by atoms with Gasteiger partial charge in [-0.15, -0.1) is 0 Å². The van der Waals surface area contributed by atoms with Crippen molar-refractivity contribution in [2.45, 2.75) is 64.8 Å². The molecule has 1 aliphatic heterocycles. The highest BCUT2D eigenvalue weighted by molar-refractivity contribution is 6.02. The number of carbonyl (C=O) groups excluding carboxylic acids is 2. The molecule has 0 amide bonds. The van der Waals surface area contributed by atoms with Crippen LogP contribution < -0.4 is 5.32 Å². The van der Waals surface area contributed by atoms with E-state index in [9.17, 15) is 9.59 Å². The van der Waals surface area contributed by atoms with Crippen LogP contribution in [0.1, 0.15) is 73.0 Å². The van der Waals surface area contributed by atoms with Gasteiger partial charge in [-0.05, 0) is 94.2 Å². The van der Waals surface area contributed by atoms with Crippen LogP contribution in [-0.4, -0.2) is 17.6 Å². The van der Waals surface area contributed by atoms with Gasteiger partial charge in [0.05, 0.1) is 0 Å². The first-order chi connectivity index (χ1) is 12.8. The number of benzene rings is 1. The third-order valence-electron chi connectivity index (χ3n) is 7.77. The molecule has 2 unspecified atom stereocenters. The largest absolute Gasteiger partial charge is 0.379 e. The van der Waals surface area contributed by atoms with Crippen LogP contribution in [0.2, 0.25) is 0 Å². The highest BCUT2D eigenvalue weighted by Crippen LogP contribution is 2.65. The van der Waals surface area contributed by atoms with Gasteiger partial charge in [-0.3, -0.25) is 9.59 Å². The molecule has 0 spiro atoms. The summed E-state index contributed by atoms with van der Waals surface area (Å²) in [5.74, 6) is 2.48. The summed E-state index contributed by atoms with van der Waals surface area (Å²) in [7, 11) is 0. The Kier molecular flexibility index (Phi) is 3.54. The van der Waals surface area contributed by atoms with E-state index in [2.05, 4.69) is 25.2 Å². The average Bonchev–Trinajstić information content (AvgIpc) is 2.98. The normalized spacial score (nSPS) is 36.6. The third kappa shape index (κ3) is 2.54. The molecule has 142 valence electrons. The number of aldehydes is 1. The lowest BCUT2D eigenvalue weighted by Gasteiger charge is -2.37. The van der Waals surface area contributed by atoms with Crippen LogP contribution in [0.3, 0.4) is 0 Å². The van der Waals surface area contributed by atoms with Crippen LogP contribution >= 0.6 is 0 Å². The highest BCUT2D eigenvalue weighted by atomic mass is 16.1. The minimum Gasteiger partial charge on any atom is -0.379 e. The van der Waals surface area contributed by atoms with Gasteiger partial charge in [0.2, 0.25) is 0 Å². The van der Waals surface area contributed by atoms with Gasteiger partial charge in [0.25, 0.3) is 0 Å². The lowest BCUT2D eigenvalue weighted by atomic mass is 9.72. The van der Waals surface area contributed by atoms with Gasteiger partial charge < -0.3 is 5.32 Å². The maximum atomic E-state index is 13.5. The maximum Gasteiger partial charge on any atom is 0.164 e. The molecule has 1 N–H and O–H groups in total. The molecule has 4 bridgehead atoms. The van der Waals surface area contributed by atoms with Crippen LogP contribution in [0.15, 0.2) is 18.2 Å². The van der Waals surface area contributed by atoms with Crippen molar-refractivity contribution in [1.82, 2.24) is 5.32 Å². The van der Waals surface area contributed by atoms with E-state index in [1.807, 2.05) is 19.1 Å². The van der Waals surface area contributed by atoms with Crippen LogP contribution in [0.5, 0.6) is 0 Å². The molecule has 4 saturated carbocycles. The Bertz CT molecular complexity index is 865. The molecule has 4 aliphatic carbocycles. The monoisotopic (exact) mass is 363 g/mol. The van der Waals surface area contributed by atoms with Crippen molar-refractivity contribution in [2.24, 2.45) is 23.2 Å². The number of rotatable bonds is 3. The Balaban J connectivity index is 1.57. The van der Waals surface area contributed by atoms with Gasteiger partial charge in [-0.1, -0.05) is 6.07 Å². The number of carbonyl (C=O) groups is 2. The van der Waals surface area contributed by atoms with Crippen molar-refractivity contribution in [3.05, 3.63) is 40.5 Å². The maximum absolute atomic E-state index is 13.5. The van der Waals surface area contributed by atoms with Crippen molar-refractivity contribution in [3.8, 4) is 0 Å². The number of allylic oxidation sites excluding steroid dienone is 1. The minimum absolute atomic E-state index is 0.0950. The van der Waals surface area contributed by atoms with Gasteiger partial charge in [-0.2, -0.15) is 0 Å². The molecule has 3 heteroatoms. The average molecular weight is 364 g/mol. The minimum atomic E-state index is -0.0984. The second kappa shape index (κ2) is 5.56. The van der Waals surface area contributed by atoms with Crippen LogP contribution in [0.25, 0.3) is 5.70 Å². The lowest BCUT2D eigenvalue weighted by molar-refractivity contribution is -0.125. The molecule has 27 heavy (non-hydrogen) atoms. The van der Waals surface area contributed by atoms with E-state index in [4.69, 9.17) is 0 Å². The summed E-state index contributed by atoms with van der Waals surface area (Å²) in [6, 6.07) is 4.09. The van der Waals surface area contributed by atoms with Crippen LogP contribution in [0.4, 0.5) is 0 Å². The molecule has 1 aromatic rings. The van der Waals surface area contributed by atoms with E-state index in [0.29, 0.717) is 17.3 Å². The zero-order valence-corrected chi connectivity index (χ0v) is 16.6. The van der Waals surface area contributed by atoms with Crippen molar-refractivity contribution in [1.29, 1.82) is 0 Å². The summed E-state index contributed by atoms with van der Waals surface area (Å²) in [5.41, 5.74) is 4.71. The Labute approximate surface area is 161 Å². The fourth-order valence-electron chi connectivity index (χ4n) is 6.85. The van der Waals surface area contributed by atoms with Crippen molar-refractivity contribution < 1.29 is 9.59 Å². The lowest BCUT2D eigenvalue weighted by Crippen LogP contribution is -2.44. The number of aryl methyl sites for hydroxylation is 1. The molecule has 1 aromatic carbocycles. The van der Waals surface area contributed by atoms with Crippen molar-refractivity contribution in [3.63, 3.8) is 0 Å². The summed E-state index contributed by atoms with van der Waals surface area (Å²) in [4.78, 5) is 25.0. The summed E-state index contributed by atoms with van der Waals surface area (Å²) >= 11 is 0. The number of ketones is 1. The van der Waals surface area contributed by atoms with Crippen molar-refractivity contribution >= 4 is 17.8 Å². The molecule has 4 fully saturated rings. The van der Waals surface area contributed by atoms with Crippen LogP contribution in [0, 0.1) is 30.1 Å². The molecule has 5 aliphatic rings. The zero-order chi connectivity index (χ0) is 19.0. The van der Waals surface area contributed by atoms with Gasteiger partial charge >= 0.3 is 0 Å². The van der Waals surface area contributed by atoms with E-state index in [1.165, 1.54) is 24.8 Å². The van der Waals surface area contributed by atoms with E-state index in [-0.39, 0.29) is 11.0 Å². The topological polar surface area (TPSA) is 46.2 Å².